The number of hydrogen-bond acceptors (Lipinski definition) is 4. The standard InChI is InChI=1S/C6H5N5/c1-2-10-11(9-1)6-3-7-5-8-4-6/h1-5H/i5D. The van der Waals surface area contributed by atoms with Crippen LogP contribution in [0.15, 0.2) is 31.1 Å². The third-order valence-corrected chi connectivity index (χ3v) is 1.16. The minimum absolute atomic E-state index is 0.00842. The molecule has 0 fully saturated rings. The first-order chi connectivity index (χ1) is 5.86. The minimum atomic E-state index is -0.00842. The zero-order chi connectivity index (χ0) is 8.39. The van der Waals surface area contributed by atoms with Crippen LogP contribution in [0.5, 0.6) is 0 Å². The largest absolute Gasteiger partial charge is 0.243 e. The van der Waals surface area contributed by atoms with Crippen molar-refractivity contribution in [2.24, 2.45) is 0 Å². The Morgan fingerprint density at radius 2 is 1.82 bits per heavy atom. The van der Waals surface area contributed by atoms with Crippen LogP contribution < -0.4 is 0 Å². The van der Waals surface area contributed by atoms with Gasteiger partial charge < -0.3 is 0 Å². The van der Waals surface area contributed by atoms with Gasteiger partial charge in [-0.2, -0.15) is 10.2 Å². The highest BCUT2D eigenvalue weighted by Crippen LogP contribution is 1.96. The Morgan fingerprint density at radius 3 is 2.45 bits per heavy atom. The maximum Gasteiger partial charge on any atom is 0.122 e. The van der Waals surface area contributed by atoms with Gasteiger partial charge >= 0.3 is 0 Å². The molecular weight excluding hydrogens is 142 g/mol. The number of aromatic nitrogens is 5. The monoisotopic (exact) mass is 148 g/mol. The highest BCUT2D eigenvalue weighted by molar-refractivity contribution is 5.19. The summed E-state index contributed by atoms with van der Waals surface area (Å²) in [7, 11) is 0. The summed E-state index contributed by atoms with van der Waals surface area (Å²) in [6.07, 6.45) is 6.11. The molecule has 5 nitrogen and oxygen atoms in total. The van der Waals surface area contributed by atoms with Crippen LogP contribution in [-0.4, -0.2) is 25.0 Å². The average Bonchev–Trinajstić information content (AvgIpc) is 2.58. The fraction of sp³-hybridized carbons (Fsp3) is 0. The van der Waals surface area contributed by atoms with Crippen LogP contribution in [0.1, 0.15) is 1.37 Å². The van der Waals surface area contributed by atoms with Gasteiger partial charge in [0.1, 0.15) is 13.4 Å². The minimum Gasteiger partial charge on any atom is -0.243 e. The summed E-state index contributed by atoms with van der Waals surface area (Å²) >= 11 is 0. The summed E-state index contributed by atoms with van der Waals surface area (Å²) < 4.78 is 7.04. The van der Waals surface area contributed by atoms with Gasteiger partial charge in [-0.05, 0) is 0 Å². The molecule has 0 saturated heterocycles. The van der Waals surface area contributed by atoms with Crippen molar-refractivity contribution in [2.45, 2.75) is 0 Å². The van der Waals surface area contributed by atoms with Gasteiger partial charge in [-0.1, -0.05) is 0 Å². The van der Waals surface area contributed by atoms with E-state index in [4.69, 9.17) is 1.37 Å². The zero-order valence-corrected chi connectivity index (χ0v) is 5.55. The van der Waals surface area contributed by atoms with Gasteiger partial charge in [0.25, 0.3) is 0 Å². The lowest BCUT2D eigenvalue weighted by Crippen LogP contribution is -1.98. The van der Waals surface area contributed by atoms with Gasteiger partial charge in [0, 0.05) is 0 Å². The van der Waals surface area contributed by atoms with Crippen molar-refractivity contribution in [1.29, 1.82) is 0 Å². The summed E-state index contributed by atoms with van der Waals surface area (Å²) in [5.41, 5.74) is 0.649. The molecule has 2 rings (SSSR count). The molecule has 5 heteroatoms. The van der Waals surface area contributed by atoms with Crippen LogP contribution in [0.25, 0.3) is 5.69 Å². The normalized spacial score (nSPS) is 11.1. The maximum atomic E-state index is 7.04. The highest BCUT2D eigenvalue weighted by atomic mass is 15.5. The molecule has 0 bridgehead atoms. The molecule has 2 aromatic rings. The predicted molar refractivity (Wildman–Crippen MR) is 36.9 cm³/mol. The summed E-state index contributed by atoms with van der Waals surface area (Å²) in [6, 6.07) is 0. The van der Waals surface area contributed by atoms with Crippen LogP contribution >= 0.6 is 0 Å². The molecule has 11 heavy (non-hydrogen) atoms. The summed E-state index contributed by atoms with van der Waals surface area (Å²) in [6.45, 7) is 0. The van der Waals surface area contributed by atoms with Crippen LogP contribution in [0, 0.1) is 0 Å². The summed E-state index contributed by atoms with van der Waals surface area (Å²) in [4.78, 5) is 8.77. The molecule has 0 aliphatic heterocycles. The second-order valence-corrected chi connectivity index (χ2v) is 1.86. The van der Waals surface area contributed by atoms with E-state index in [2.05, 4.69) is 20.2 Å². The predicted octanol–water partition coefficient (Wildman–Crippen LogP) is 0.0573. The number of rotatable bonds is 1. The van der Waals surface area contributed by atoms with Gasteiger partial charge in [-0.25, -0.2) is 9.97 Å². The molecule has 0 N–H and O–H groups in total. The molecule has 0 amide bonds. The van der Waals surface area contributed by atoms with Crippen molar-refractivity contribution in [3.05, 3.63) is 31.1 Å². The van der Waals surface area contributed by atoms with Gasteiger partial charge in [-0.3, -0.25) is 0 Å². The average molecular weight is 148 g/mol. The van der Waals surface area contributed by atoms with Crippen molar-refractivity contribution >= 4 is 0 Å². The molecule has 0 radical (unpaired) electrons. The molecule has 2 heterocycles. The lowest BCUT2D eigenvalue weighted by atomic mass is 10.6. The lowest BCUT2D eigenvalue weighted by molar-refractivity contribution is 0.743. The molecule has 2 aromatic heterocycles. The van der Waals surface area contributed by atoms with Gasteiger partial charge in [-0.15, -0.1) is 4.80 Å². The first-order valence-electron chi connectivity index (χ1n) is 3.51. The molecule has 0 spiro atoms. The summed E-state index contributed by atoms with van der Waals surface area (Å²) in [5.74, 6) is 0. The van der Waals surface area contributed by atoms with E-state index in [1.54, 1.807) is 12.4 Å². The van der Waals surface area contributed by atoms with E-state index in [1.165, 1.54) is 17.2 Å². The zero-order valence-electron chi connectivity index (χ0n) is 6.55. The third-order valence-electron chi connectivity index (χ3n) is 1.16. The van der Waals surface area contributed by atoms with Crippen LogP contribution in [-0.2, 0) is 0 Å². The smallest absolute Gasteiger partial charge is 0.122 e. The molecule has 0 unspecified atom stereocenters. The van der Waals surface area contributed by atoms with Crippen LogP contribution in [0.3, 0.4) is 0 Å². The van der Waals surface area contributed by atoms with E-state index in [1.807, 2.05) is 0 Å². The molecule has 0 aliphatic rings. The van der Waals surface area contributed by atoms with Crippen molar-refractivity contribution in [3.63, 3.8) is 0 Å². The van der Waals surface area contributed by atoms with E-state index in [0.717, 1.165) is 0 Å². The van der Waals surface area contributed by atoms with E-state index < -0.39 is 0 Å². The Morgan fingerprint density at radius 1 is 1.18 bits per heavy atom. The topological polar surface area (TPSA) is 56.5 Å². The first kappa shape index (κ1) is 4.95. The summed E-state index contributed by atoms with van der Waals surface area (Å²) in [5, 5.41) is 7.76. The van der Waals surface area contributed by atoms with Gasteiger partial charge in [0.2, 0.25) is 0 Å². The van der Waals surface area contributed by atoms with E-state index >= 15 is 0 Å². The third kappa shape index (κ3) is 1.07. The Bertz CT molecular complexity index is 354. The van der Waals surface area contributed by atoms with Crippen molar-refractivity contribution in [3.8, 4) is 5.69 Å². The Kier molecular flexibility index (Phi) is 1.10. The molecule has 0 aromatic carbocycles. The van der Waals surface area contributed by atoms with Gasteiger partial charge in [0.15, 0.2) is 0 Å². The second-order valence-electron chi connectivity index (χ2n) is 1.86. The maximum absolute atomic E-state index is 7.04. The Hall–Kier alpha value is -1.78. The lowest BCUT2D eigenvalue weighted by Gasteiger charge is -1.94. The highest BCUT2D eigenvalue weighted by Gasteiger charge is 1.94. The fourth-order valence-electron chi connectivity index (χ4n) is 0.709. The quantitative estimate of drug-likeness (QED) is 0.573. The molecule has 0 saturated carbocycles. The Labute approximate surface area is 64.1 Å². The SMILES string of the molecule is [2H]c1ncc(-n2nccn2)cn1. The van der Waals surface area contributed by atoms with E-state index in [-0.39, 0.29) is 6.30 Å². The van der Waals surface area contributed by atoms with Crippen molar-refractivity contribution < 1.29 is 1.37 Å². The van der Waals surface area contributed by atoms with Crippen LogP contribution in [0.2, 0.25) is 0 Å². The fourth-order valence-corrected chi connectivity index (χ4v) is 0.709. The molecule has 0 atom stereocenters. The van der Waals surface area contributed by atoms with Crippen LogP contribution in [0.4, 0.5) is 0 Å². The number of hydrogen-bond donors (Lipinski definition) is 0. The van der Waals surface area contributed by atoms with E-state index in [9.17, 15) is 0 Å². The molecule has 0 aliphatic carbocycles. The van der Waals surface area contributed by atoms with Gasteiger partial charge in [0.05, 0.1) is 24.8 Å². The first-order valence-corrected chi connectivity index (χ1v) is 3.01. The molecule has 54 valence electrons. The Balaban J connectivity index is 2.43. The van der Waals surface area contributed by atoms with Crippen molar-refractivity contribution in [2.75, 3.05) is 0 Å². The second kappa shape index (κ2) is 2.45. The van der Waals surface area contributed by atoms with Crippen molar-refractivity contribution in [1.82, 2.24) is 25.0 Å². The molecular formula is C6H5N5. The number of nitrogens with zero attached hydrogens (tertiary/aromatic N) is 5. The van der Waals surface area contributed by atoms with E-state index in [0.29, 0.717) is 5.69 Å².